The summed E-state index contributed by atoms with van der Waals surface area (Å²) in [7, 11) is 5.05. The second-order valence-electron chi connectivity index (χ2n) is 5.00. The maximum Gasteiger partial charge on any atom is 0.186 e. The van der Waals surface area contributed by atoms with E-state index in [-0.39, 0.29) is 13.2 Å². The molecular formula is C15H35NO8. The van der Waals surface area contributed by atoms with Crippen molar-refractivity contribution in [1.29, 1.82) is 0 Å². The summed E-state index contributed by atoms with van der Waals surface area (Å²) in [6.45, 7) is 4.79. The zero-order valence-electron chi connectivity index (χ0n) is 15.3. The molecule has 1 aliphatic heterocycles. The first-order chi connectivity index (χ1) is 11.4. The van der Waals surface area contributed by atoms with Gasteiger partial charge in [0.05, 0.1) is 19.8 Å². The van der Waals surface area contributed by atoms with E-state index in [0.29, 0.717) is 13.1 Å². The largest absolute Gasteiger partial charge is 0.395 e. The van der Waals surface area contributed by atoms with Crippen LogP contribution in [0.5, 0.6) is 0 Å². The lowest BCUT2D eigenvalue weighted by Gasteiger charge is -2.39. The summed E-state index contributed by atoms with van der Waals surface area (Å²) in [6, 6.07) is 0. The average Bonchev–Trinajstić information content (AvgIpc) is 2.57. The number of likely N-dealkylation sites (N-methyl/N-ethyl adjacent to an activating group) is 1. The van der Waals surface area contributed by atoms with Gasteiger partial charge < -0.3 is 44.6 Å². The van der Waals surface area contributed by atoms with Crippen molar-refractivity contribution in [3.8, 4) is 0 Å². The summed E-state index contributed by atoms with van der Waals surface area (Å²) in [5.74, 6) is 0. The number of hydrogen-bond donors (Lipinski definition) is 5. The monoisotopic (exact) mass is 357 g/mol. The van der Waals surface area contributed by atoms with Gasteiger partial charge in [0.15, 0.2) is 6.29 Å². The predicted molar refractivity (Wildman–Crippen MR) is 88.6 cm³/mol. The third-order valence-corrected chi connectivity index (χ3v) is 3.09. The molecule has 148 valence electrons. The Balaban J connectivity index is 0. The van der Waals surface area contributed by atoms with E-state index in [2.05, 4.69) is 4.74 Å². The molecule has 9 heteroatoms. The normalized spacial score (nSPS) is 29.4. The first kappa shape index (κ1) is 25.9. The molecule has 9 nitrogen and oxygen atoms in total. The molecule has 0 aromatic carbocycles. The second-order valence-corrected chi connectivity index (χ2v) is 5.00. The number of ether oxygens (including phenoxy) is 3. The first-order valence-corrected chi connectivity index (χ1v) is 8.04. The molecule has 5 atom stereocenters. The Morgan fingerprint density at radius 3 is 1.96 bits per heavy atom. The molecule has 5 N–H and O–H groups in total. The van der Waals surface area contributed by atoms with E-state index in [4.69, 9.17) is 19.7 Å². The van der Waals surface area contributed by atoms with Crippen LogP contribution < -0.4 is 0 Å². The van der Waals surface area contributed by atoms with E-state index in [1.54, 1.807) is 21.3 Å². The minimum atomic E-state index is -1.42. The average molecular weight is 357 g/mol. The maximum absolute atomic E-state index is 9.69. The molecule has 0 amide bonds. The highest BCUT2D eigenvalue weighted by atomic mass is 16.7. The van der Waals surface area contributed by atoms with Crippen LogP contribution in [-0.2, 0) is 14.2 Å². The zero-order chi connectivity index (χ0) is 19.1. The molecule has 1 fully saturated rings. The van der Waals surface area contributed by atoms with Gasteiger partial charge in [0.1, 0.15) is 24.4 Å². The van der Waals surface area contributed by atoms with Crippen LogP contribution in [0.15, 0.2) is 0 Å². The quantitative estimate of drug-likeness (QED) is 0.351. The Morgan fingerprint density at radius 2 is 1.50 bits per heavy atom. The van der Waals surface area contributed by atoms with E-state index < -0.39 is 37.3 Å². The highest BCUT2D eigenvalue weighted by Gasteiger charge is 2.43. The van der Waals surface area contributed by atoms with Gasteiger partial charge in [-0.15, -0.1) is 0 Å². The van der Waals surface area contributed by atoms with E-state index in [9.17, 15) is 15.3 Å². The molecule has 0 aromatic heterocycles. The number of nitrogens with zero attached hydrogens (tertiary/aromatic N) is 1. The predicted octanol–water partition coefficient (Wildman–Crippen LogP) is -1.98. The van der Waals surface area contributed by atoms with Crippen molar-refractivity contribution in [3.05, 3.63) is 0 Å². The van der Waals surface area contributed by atoms with Gasteiger partial charge in [-0.05, 0) is 7.05 Å². The van der Waals surface area contributed by atoms with E-state index >= 15 is 0 Å². The van der Waals surface area contributed by atoms with Crippen molar-refractivity contribution in [3.63, 3.8) is 0 Å². The summed E-state index contributed by atoms with van der Waals surface area (Å²) in [4.78, 5) is 1.82. The number of methoxy groups -OCH3 is 1. The standard InChI is InChI=1S/C11H23NO7.C2H6O.C2H6/c1-12(2-4-13)3-5-18-11-10(17)9(16)8(15)7(6-14)19-11;1-3-2;1-2/h7-11,13-17H,2-6H2,1H3;1-2H3;1-2H3/t7?,8-,9?,10?,11+;;/m1../s1. The minimum absolute atomic E-state index is 0.0382. The van der Waals surface area contributed by atoms with Crippen molar-refractivity contribution in [1.82, 2.24) is 4.90 Å². The Morgan fingerprint density at radius 1 is 0.958 bits per heavy atom. The van der Waals surface area contributed by atoms with Crippen molar-refractivity contribution in [2.24, 2.45) is 0 Å². The number of rotatable bonds is 7. The molecule has 0 radical (unpaired) electrons. The minimum Gasteiger partial charge on any atom is -0.395 e. The third kappa shape index (κ3) is 9.82. The van der Waals surface area contributed by atoms with E-state index in [0.717, 1.165) is 0 Å². The lowest BCUT2D eigenvalue weighted by atomic mass is 9.99. The summed E-state index contributed by atoms with van der Waals surface area (Å²) in [5.41, 5.74) is 0. The molecule has 0 aliphatic carbocycles. The fourth-order valence-corrected chi connectivity index (χ4v) is 1.81. The Bertz CT molecular complexity index is 270. The fourth-order valence-electron chi connectivity index (χ4n) is 1.81. The lowest BCUT2D eigenvalue weighted by Crippen LogP contribution is -2.59. The topological polar surface area (TPSA) is 132 Å². The Labute approximate surface area is 144 Å². The molecule has 1 aliphatic rings. The number of hydrogen-bond acceptors (Lipinski definition) is 9. The van der Waals surface area contributed by atoms with Crippen molar-refractivity contribution >= 4 is 0 Å². The molecule has 0 spiro atoms. The van der Waals surface area contributed by atoms with Crippen LogP contribution in [0.4, 0.5) is 0 Å². The van der Waals surface area contributed by atoms with Gasteiger partial charge in [0.25, 0.3) is 0 Å². The first-order valence-electron chi connectivity index (χ1n) is 8.04. The zero-order valence-corrected chi connectivity index (χ0v) is 15.3. The third-order valence-electron chi connectivity index (χ3n) is 3.09. The van der Waals surface area contributed by atoms with Crippen LogP contribution in [0, 0.1) is 0 Å². The Kier molecular flexibility index (Phi) is 17.4. The second kappa shape index (κ2) is 16.1. The molecule has 3 unspecified atom stereocenters. The van der Waals surface area contributed by atoms with Crippen molar-refractivity contribution in [2.45, 2.75) is 44.6 Å². The summed E-state index contributed by atoms with van der Waals surface area (Å²) < 4.78 is 14.7. The highest BCUT2D eigenvalue weighted by molar-refractivity contribution is 4.88. The van der Waals surface area contributed by atoms with Gasteiger partial charge in [-0.25, -0.2) is 0 Å². The van der Waals surface area contributed by atoms with Gasteiger partial charge in [0, 0.05) is 27.3 Å². The van der Waals surface area contributed by atoms with Gasteiger partial charge in [-0.3, -0.25) is 0 Å². The molecule has 0 saturated carbocycles. The van der Waals surface area contributed by atoms with Crippen LogP contribution in [0.2, 0.25) is 0 Å². The van der Waals surface area contributed by atoms with Gasteiger partial charge in [-0.1, -0.05) is 13.8 Å². The number of aliphatic hydroxyl groups is 5. The van der Waals surface area contributed by atoms with E-state index in [1.165, 1.54) is 0 Å². The molecule has 0 bridgehead atoms. The smallest absolute Gasteiger partial charge is 0.186 e. The summed E-state index contributed by atoms with van der Waals surface area (Å²) in [5, 5.41) is 46.5. The maximum atomic E-state index is 9.69. The molecule has 1 heterocycles. The van der Waals surface area contributed by atoms with Crippen LogP contribution in [0.25, 0.3) is 0 Å². The summed E-state index contributed by atoms with van der Waals surface area (Å²) in [6.07, 6.45) is -6.24. The molecule has 24 heavy (non-hydrogen) atoms. The molecule has 1 saturated heterocycles. The summed E-state index contributed by atoms with van der Waals surface area (Å²) >= 11 is 0. The molecule has 0 aromatic rings. The van der Waals surface area contributed by atoms with Gasteiger partial charge in [-0.2, -0.15) is 0 Å². The molecule has 1 rings (SSSR count). The fraction of sp³-hybridized carbons (Fsp3) is 1.00. The van der Waals surface area contributed by atoms with Crippen LogP contribution >= 0.6 is 0 Å². The van der Waals surface area contributed by atoms with Crippen LogP contribution in [-0.4, -0.2) is 115 Å². The van der Waals surface area contributed by atoms with Crippen LogP contribution in [0.3, 0.4) is 0 Å². The lowest BCUT2D eigenvalue weighted by molar-refractivity contribution is -0.301. The highest BCUT2D eigenvalue weighted by Crippen LogP contribution is 2.21. The molecular weight excluding hydrogens is 322 g/mol. The van der Waals surface area contributed by atoms with Crippen molar-refractivity contribution < 1.29 is 39.7 Å². The van der Waals surface area contributed by atoms with Crippen molar-refractivity contribution in [2.75, 3.05) is 54.2 Å². The van der Waals surface area contributed by atoms with Gasteiger partial charge in [0.2, 0.25) is 0 Å². The number of aliphatic hydroxyl groups excluding tert-OH is 5. The van der Waals surface area contributed by atoms with E-state index in [1.807, 2.05) is 18.7 Å². The SMILES string of the molecule is CC.CN(CCO)CCO[C@H]1OC(CO)[C@@H](O)C(O)C1O.COC. The van der Waals surface area contributed by atoms with Gasteiger partial charge >= 0.3 is 0 Å². The Hall–Kier alpha value is -0.360. The van der Waals surface area contributed by atoms with Crippen LogP contribution in [0.1, 0.15) is 13.8 Å².